The lowest BCUT2D eigenvalue weighted by Crippen LogP contribution is -2.40. The number of nitrogens with two attached hydrogens (primary N) is 1. The summed E-state index contributed by atoms with van der Waals surface area (Å²) in [6.07, 6.45) is 0.381. The molecule has 5 nitrogen and oxygen atoms in total. The van der Waals surface area contributed by atoms with Gasteiger partial charge < -0.3 is 11.1 Å². The van der Waals surface area contributed by atoms with Gasteiger partial charge in [-0.25, -0.2) is 4.99 Å². The summed E-state index contributed by atoms with van der Waals surface area (Å²) in [4.78, 5) is 29.8. The molecule has 0 aromatic heterocycles. The molecule has 0 atom stereocenters. The fraction of sp³-hybridized carbons (Fsp3) is 0.214. The molecular weight excluding hydrogens is 668 g/mol. The van der Waals surface area contributed by atoms with Crippen LogP contribution >= 0.6 is 11.8 Å². The molecule has 2 amide bonds. The average molecular weight is 708 g/mol. The predicted molar refractivity (Wildman–Crippen MR) is 204 cm³/mol. The van der Waals surface area contributed by atoms with Crippen molar-refractivity contribution in [2.24, 2.45) is 10.7 Å². The zero-order chi connectivity index (χ0) is 36.8. The van der Waals surface area contributed by atoms with Gasteiger partial charge in [0.2, 0.25) is 5.91 Å². The second-order valence-corrected chi connectivity index (χ2v) is 13.4. The zero-order valence-corrected chi connectivity index (χ0v) is 29.8. The number of anilines is 1. The Morgan fingerprint density at radius 3 is 1.92 bits per heavy atom. The number of thioether (sulfide) groups is 1. The quantitative estimate of drug-likeness (QED) is 0.124. The molecule has 6 rings (SSSR count). The van der Waals surface area contributed by atoms with E-state index in [4.69, 9.17) is 5.73 Å². The molecule has 1 aliphatic rings. The van der Waals surface area contributed by atoms with E-state index in [1.165, 1.54) is 12.1 Å². The van der Waals surface area contributed by atoms with Gasteiger partial charge in [-0.05, 0) is 102 Å². The van der Waals surface area contributed by atoms with Crippen molar-refractivity contribution in [3.8, 4) is 22.3 Å². The van der Waals surface area contributed by atoms with Gasteiger partial charge in [-0.1, -0.05) is 98.6 Å². The highest BCUT2D eigenvalue weighted by Crippen LogP contribution is 2.51. The van der Waals surface area contributed by atoms with Crippen LogP contribution in [0.4, 0.5) is 24.5 Å². The summed E-state index contributed by atoms with van der Waals surface area (Å²) in [6, 6.07) is 33.4. The minimum atomic E-state index is -4.40. The third kappa shape index (κ3) is 7.94. The number of benzene rings is 5. The van der Waals surface area contributed by atoms with Crippen LogP contribution in [0.1, 0.15) is 65.7 Å². The zero-order valence-electron chi connectivity index (χ0n) is 29.0. The van der Waals surface area contributed by atoms with E-state index in [2.05, 4.69) is 41.5 Å². The topological polar surface area (TPSA) is 84.6 Å². The van der Waals surface area contributed by atoms with Crippen molar-refractivity contribution < 1.29 is 22.8 Å². The van der Waals surface area contributed by atoms with Crippen molar-refractivity contribution in [3.63, 3.8) is 0 Å². The fourth-order valence-corrected chi connectivity index (χ4v) is 6.66. The summed E-state index contributed by atoms with van der Waals surface area (Å²) in [6.45, 7) is 5.98. The Hall–Kier alpha value is -5.15. The highest BCUT2D eigenvalue weighted by atomic mass is 32.2. The summed E-state index contributed by atoms with van der Waals surface area (Å²) in [5.41, 5.74) is 12.8. The van der Waals surface area contributed by atoms with Crippen LogP contribution in [-0.2, 0) is 16.4 Å². The van der Waals surface area contributed by atoms with Gasteiger partial charge in [-0.2, -0.15) is 13.2 Å². The van der Waals surface area contributed by atoms with Crippen LogP contribution in [0.2, 0.25) is 0 Å². The molecule has 262 valence electrons. The number of carbonyl (C=O) groups is 2. The standard InChI is InChI=1S/C24H21F3N2OS.C18H19NO/c1-15-14-19(12-13-22(15)28-16(2)31-3)29-23(30)21-7-5-4-6-20(21)17-8-10-18(11-9-17)24(25,26)27;1-2-3-12-18(17(19)20)15-10-6-4-8-13(15)14-9-5-7-11-16(14)18/h4-14H,1-3H3,(H,29,30);4-11H,2-3,12H2,1H3,(H2,19,20). The Bertz CT molecular complexity index is 2030. The molecule has 0 bridgehead atoms. The number of fused-ring (bicyclic) bond motifs is 3. The van der Waals surface area contributed by atoms with Crippen LogP contribution in [0, 0.1) is 6.92 Å². The number of halogens is 3. The van der Waals surface area contributed by atoms with E-state index in [0.717, 1.165) is 69.9 Å². The Balaban J connectivity index is 0.000000216. The summed E-state index contributed by atoms with van der Waals surface area (Å²) in [5, 5.41) is 3.80. The van der Waals surface area contributed by atoms with Crippen molar-refractivity contribution >= 4 is 40.0 Å². The first-order valence-electron chi connectivity index (χ1n) is 16.7. The Morgan fingerprint density at radius 1 is 0.824 bits per heavy atom. The van der Waals surface area contributed by atoms with Gasteiger partial charge in [0.1, 0.15) is 0 Å². The van der Waals surface area contributed by atoms with Crippen molar-refractivity contribution in [1.29, 1.82) is 0 Å². The van der Waals surface area contributed by atoms with Crippen molar-refractivity contribution in [2.45, 2.75) is 51.6 Å². The molecule has 3 N–H and O–H groups in total. The number of nitrogens with zero attached hydrogens (tertiary/aromatic N) is 1. The second-order valence-electron chi connectivity index (χ2n) is 12.4. The van der Waals surface area contributed by atoms with Gasteiger partial charge in [0.25, 0.3) is 5.91 Å². The number of carbonyl (C=O) groups excluding carboxylic acids is 2. The van der Waals surface area contributed by atoms with E-state index >= 15 is 0 Å². The molecule has 51 heavy (non-hydrogen) atoms. The maximum atomic E-state index is 12.9. The predicted octanol–water partition coefficient (Wildman–Crippen LogP) is 11.0. The number of nitrogens with one attached hydrogen (secondary N) is 1. The molecule has 0 spiro atoms. The van der Waals surface area contributed by atoms with Crippen molar-refractivity contribution in [1.82, 2.24) is 0 Å². The number of hydrogen-bond acceptors (Lipinski definition) is 4. The van der Waals surface area contributed by atoms with Crippen molar-refractivity contribution in [3.05, 3.63) is 143 Å². The summed E-state index contributed by atoms with van der Waals surface area (Å²) in [7, 11) is 0. The first kappa shape index (κ1) is 37.1. The van der Waals surface area contributed by atoms with E-state index in [0.29, 0.717) is 22.4 Å². The van der Waals surface area contributed by atoms with E-state index < -0.39 is 17.2 Å². The molecule has 0 saturated heterocycles. The van der Waals surface area contributed by atoms with Gasteiger partial charge in [0, 0.05) is 11.3 Å². The number of primary amides is 1. The molecule has 9 heteroatoms. The summed E-state index contributed by atoms with van der Waals surface area (Å²) in [5.74, 6) is -0.574. The maximum Gasteiger partial charge on any atom is 0.416 e. The van der Waals surface area contributed by atoms with E-state index in [1.807, 2.05) is 56.5 Å². The van der Waals surface area contributed by atoms with Gasteiger partial charge in [-0.3, -0.25) is 9.59 Å². The average Bonchev–Trinajstić information content (AvgIpc) is 3.42. The van der Waals surface area contributed by atoms with Gasteiger partial charge >= 0.3 is 6.18 Å². The second kappa shape index (κ2) is 15.8. The maximum absolute atomic E-state index is 12.9. The van der Waals surface area contributed by atoms with E-state index in [1.54, 1.807) is 42.1 Å². The SMILES string of the molecule is CCCCC1(C(N)=O)c2ccccc2-c2ccccc21.CSC(C)=Nc1ccc(NC(=O)c2ccccc2-c2ccc(C(F)(F)F)cc2)cc1C. The number of rotatable bonds is 8. The van der Waals surface area contributed by atoms with Gasteiger partial charge in [0.15, 0.2) is 0 Å². The molecule has 0 heterocycles. The van der Waals surface area contributed by atoms with Gasteiger partial charge in [-0.15, -0.1) is 11.8 Å². The Labute approximate surface area is 301 Å². The summed E-state index contributed by atoms with van der Waals surface area (Å²) >= 11 is 1.56. The minimum absolute atomic E-state index is 0.233. The lowest BCUT2D eigenvalue weighted by molar-refractivity contribution is -0.137. The van der Waals surface area contributed by atoms with Crippen LogP contribution in [0.5, 0.6) is 0 Å². The summed E-state index contributed by atoms with van der Waals surface area (Å²) < 4.78 is 38.5. The molecular formula is C42H40F3N3O2S. The Kier molecular flexibility index (Phi) is 11.5. The number of aliphatic imine (C=N–C) groups is 1. The lowest BCUT2D eigenvalue weighted by atomic mass is 9.73. The first-order valence-corrected chi connectivity index (χ1v) is 17.9. The number of hydrogen-bond donors (Lipinski definition) is 2. The molecule has 0 radical (unpaired) electrons. The largest absolute Gasteiger partial charge is 0.416 e. The highest BCUT2D eigenvalue weighted by Gasteiger charge is 2.47. The highest BCUT2D eigenvalue weighted by molar-refractivity contribution is 8.13. The molecule has 0 aliphatic heterocycles. The van der Waals surface area contributed by atoms with Crippen LogP contribution in [-0.4, -0.2) is 23.1 Å². The van der Waals surface area contributed by atoms with Crippen LogP contribution in [0.25, 0.3) is 22.3 Å². The third-order valence-electron chi connectivity index (χ3n) is 9.11. The Morgan fingerprint density at radius 2 is 1.39 bits per heavy atom. The smallest absolute Gasteiger partial charge is 0.369 e. The number of aryl methyl sites for hydroxylation is 1. The molecule has 0 saturated carbocycles. The number of alkyl halides is 3. The van der Waals surface area contributed by atoms with Crippen LogP contribution in [0.3, 0.4) is 0 Å². The third-order valence-corrected chi connectivity index (χ3v) is 9.79. The minimum Gasteiger partial charge on any atom is -0.369 e. The number of unbranched alkanes of at least 4 members (excludes halogenated alkanes) is 1. The van der Waals surface area contributed by atoms with Crippen LogP contribution in [0.15, 0.2) is 120 Å². The van der Waals surface area contributed by atoms with E-state index in [-0.39, 0.29) is 11.8 Å². The molecule has 0 fully saturated rings. The molecule has 5 aromatic carbocycles. The van der Waals surface area contributed by atoms with Crippen molar-refractivity contribution in [2.75, 3.05) is 11.6 Å². The normalized spacial score (nSPS) is 13.0. The first-order chi connectivity index (χ1) is 24.4. The van der Waals surface area contributed by atoms with Gasteiger partial charge in [0.05, 0.1) is 21.7 Å². The molecule has 5 aromatic rings. The monoisotopic (exact) mass is 707 g/mol. The van der Waals surface area contributed by atoms with Crippen LogP contribution < -0.4 is 11.1 Å². The lowest BCUT2D eigenvalue weighted by Gasteiger charge is -2.28. The molecule has 0 unspecified atom stereocenters. The van der Waals surface area contributed by atoms with E-state index in [9.17, 15) is 22.8 Å². The molecule has 1 aliphatic carbocycles. The fourth-order valence-electron chi connectivity index (χ4n) is 6.47. The number of amides is 2.